The molecule has 6 heterocycles. The molecule has 1 saturated carbocycles. The molecule has 3 aliphatic heterocycles. The Kier molecular flexibility index (Phi) is 16.0. The zero-order valence-electron chi connectivity index (χ0n) is 43.8. The molecule has 3 aromatic heterocycles. The maximum absolute atomic E-state index is 14.7. The number of fused-ring (bicyclic) bond motifs is 6. The normalized spacial score (nSPS) is 21.0. The molecule has 74 heavy (non-hydrogen) atoms. The maximum Gasteiger partial charge on any atom is 0.406 e. The summed E-state index contributed by atoms with van der Waals surface area (Å²) in [6.07, 6.45) is 2.32. The molecular formula is C53H69F3N10O7S. The largest absolute Gasteiger partial charge is 0.464 e. The molecule has 3 fully saturated rings. The summed E-state index contributed by atoms with van der Waals surface area (Å²) in [5.41, 5.74) is 5.14. The van der Waals surface area contributed by atoms with Crippen molar-refractivity contribution in [2.24, 2.45) is 11.3 Å². The van der Waals surface area contributed by atoms with Gasteiger partial charge in [0.25, 0.3) is 5.91 Å². The number of piperazine rings is 1. The number of carbonyl (C=O) groups is 5. The van der Waals surface area contributed by atoms with E-state index in [9.17, 15) is 37.1 Å². The van der Waals surface area contributed by atoms with E-state index in [1.165, 1.54) is 32.9 Å². The Bertz CT molecular complexity index is 2790. The summed E-state index contributed by atoms with van der Waals surface area (Å²) in [7, 11) is 6.94. The average Bonchev–Trinajstić information content (AvgIpc) is 3.84. The molecule has 21 heteroatoms. The number of urea groups is 1. The summed E-state index contributed by atoms with van der Waals surface area (Å²) < 4.78 is 57.1. The lowest BCUT2D eigenvalue weighted by molar-refractivity contribution is -0.155. The molecule has 4 atom stereocenters. The highest BCUT2D eigenvalue weighted by molar-refractivity contribution is 7.10. The number of nitrogens with one attached hydrogen (secondary N) is 2. The highest BCUT2D eigenvalue weighted by atomic mass is 32.1. The second-order valence-electron chi connectivity index (χ2n) is 21.6. The van der Waals surface area contributed by atoms with E-state index in [4.69, 9.17) is 14.5 Å². The van der Waals surface area contributed by atoms with Crippen molar-refractivity contribution in [3.63, 3.8) is 0 Å². The monoisotopic (exact) mass is 1050 g/mol. The number of benzene rings is 1. The molecular weight excluding hydrogens is 978 g/mol. The SMILES string of the molecule is CO[C@@H](C)c1ncccc1-c1c2c3cc(ccc3n1CC(F)(F)F)-c1csc(n1)C[C@H](NC(=O)[C@H](C(C)C)N(C)C(=O)N1CCN(C(=O)/C=C/CN(C)C)C3(CC3)C1)C(=O)N1CCC[C@H](N1)C(=O)OCC(C)(C)C2. The van der Waals surface area contributed by atoms with E-state index < -0.39 is 65.7 Å². The second kappa shape index (κ2) is 21.8. The Hall–Kier alpha value is -5.90. The molecule has 2 saturated heterocycles. The fourth-order valence-corrected chi connectivity index (χ4v) is 11.5. The van der Waals surface area contributed by atoms with Crippen LogP contribution in [-0.4, -0.2) is 166 Å². The van der Waals surface area contributed by atoms with Crippen molar-refractivity contribution < 1.29 is 46.6 Å². The van der Waals surface area contributed by atoms with Crippen LogP contribution >= 0.6 is 11.3 Å². The Morgan fingerprint density at radius 2 is 1.84 bits per heavy atom. The van der Waals surface area contributed by atoms with Crippen LogP contribution in [0.4, 0.5) is 18.0 Å². The van der Waals surface area contributed by atoms with E-state index in [0.29, 0.717) is 82.2 Å². The van der Waals surface area contributed by atoms with Crippen molar-refractivity contribution in [3.8, 4) is 22.5 Å². The Morgan fingerprint density at radius 1 is 1.08 bits per heavy atom. The lowest BCUT2D eigenvalue weighted by Crippen LogP contribution is -2.64. The third-order valence-electron chi connectivity index (χ3n) is 14.5. The van der Waals surface area contributed by atoms with Gasteiger partial charge in [0, 0.05) is 98.4 Å². The molecule has 400 valence electrons. The number of hydrogen-bond acceptors (Lipinski definition) is 12. The number of alkyl halides is 3. The molecule has 4 aromatic rings. The minimum Gasteiger partial charge on any atom is -0.464 e. The van der Waals surface area contributed by atoms with E-state index in [-0.39, 0.29) is 50.4 Å². The predicted molar refractivity (Wildman–Crippen MR) is 274 cm³/mol. The standard InChI is InChI=1S/C53H69F3N10O7S/c1-32(2)45(62(8)50(71)63-23-24-65(52(29-63)18-19-52)43(67)15-12-21-61(6)7)47(68)59-39-26-42-58-40(28-74-42)34-16-17-41-36(25-34)37(27-51(4,5)31-73-49(70)38-14-11-22-66(60-38)48(39)69)46(64(41)30-53(54,55)56)35-13-10-20-57-44(35)33(3)72-9/h10,12-13,15-17,20,25,28,32-33,38-39,45,60H,11,14,18-19,21-24,26-27,29-31H2,1-9H3,(H,59,68)/b15-12+/t33-,38-,39-,45-/m0/s1. The van der Waals surface area contributed by atoms with Crippen molar-refractivity contribution in [1.29, 1.82) is 0 Å². The van der Waals surface area contributed by atoms with Crippen LogP contribution < -0.4 is 10.7 Å². The quantitative estimate of drug-likeness (QED) is 0.122. The van der Waals surface area contributed by atoms with Crippen molar-refractivity contribution in [1.82, 2.24) is 49.9 Å². The third kappa shape index (κ3) is 11.8. The van der Waals surface area contributed by atoms with Gasteiger partial charge in [-0.3, -0.25) is 29.2 Å². The number of likely N-dealkylation sites (N-methyl/N-ethyl adjacent to an activating group) is 2. The minimum atomic E-state index is -4.60. The van der Waals surface area contributed by atoms with Gasteiger partial charge in [-0.2, -0.15) is 13.2 Å². The number of aromatic nitrogens is 3. The average molecular weight is 1050 g/mol. The number of methoxy groups -OCH3 is 1. The highest BCUT2D eigenvalue weighted by Crippen LogP contribution is 2.45. The van der Waals surface area contributed by atoms with Gasteiger partial charge >= 0.3 is 18.2 Å². The van der Waals surface area contributed by atoms with Crippen LogP contribution in [0.2, 0.25) is 0 Å². The van der Waals surface area contributed by atoms with Crippen LogP contribution in [0.5, 0.6) is 0 Å². The van der Waals surface area contributed by atoms with Crippen LogP contribution in [-0.2, 0) is 48.0 Å². The summed E-state index contributed by atoms with van der Waals surface area (Å²) in [4.78, 5) is 87.5. The number of amides is 5. The first-order valence-electron chi connectivity index (χ1n) is 25.3. The van der Waals surface area contributed by atoms with Crippen molar-refractivity contribution in [2.75, 3.05) is 67.6 Å². The Labute approximate surface area is 434 Å². The minimum absolute atomic E-state index is 0.0538. The molecule has 5 amide bonds. The number of thiazole rings is 1. The van der Waals surface area contributed by atoms with Gasteiger partial charge in [-0.1, -0.05) is 39.8 Å². The van der Waals surface area contributed by atoms with E-state index in [0.717, 1.165) is 12.8 Å². The molecule has 1 aliphatic carbocycles. The molecule has 0 radical (unpaired) electrons. The lowest BCUT2D eigenvalue weighted by atomic mass is 9.84. The molecule has 17 nitrogen and oxygen atoms in total. The Balaban J connectivity index is 1.13. The number of cyclic esters (lactones) is 1. The molecule has 4 aliphatic rings. The maximum atomic E-state index is 14.7. The molecule has 0 unspecified atom stereocenters. The predicted octanol–water partition coefficient (Wildman–Crippen LogP) is 6.62. The van der Waals surface area contributed by atoms with E-state index >= 15 is 0 Å². The van der Waals surface area contributed by atoms with Gasteiger partial charge in [-0.05, 0) is 88.9 Å². The van der Waals surface area contributed by atoms with E-state index in [1.807, 2.05) is 69.1 Å². The Morgan fingerprint density at radius 3 is 2.53 bits per heavy atom. The van der Waals surface area contributed by atoms with Crippen LogP contribution in [0.1, 0.15) is 82.7 Å². The topological polar surface area (TPSA) is 175 Å². The number of carbonyl (C=O) groups excluding carboxylic acids is 5. The van der Waals surface area contributed by atoms with Crippen LogP contribution in [0.15, 0.2) is 54.1 Å². The van der Waals surface area contributed by atoms with Crippen LogP contribution in [0.3, 0.4) is 0 Å². The molecule has 6 bridgehead atoms. The summed E-state index contributed by atoms with van der Waals surface area (Å²) in [5.74, 6) is -2.15. The summed E-state index contributed by atoms with van der Waals surface area (Å²) >= 11 is 1.27. The van der Waals surface area contributed by atoms with Gasteiger partial charge in [0.05, 0.1) is 40.3 Å². The van der Waals surface area contributed by atoms with Crippen LogP contribution in [0.25, 0.3) is 33.4 Å². The van der Waals surface area contributed by atoms with E-state index in [1.54, 1.807) is 55.4 Å². The van der Waals surface area contributed by atoms with Gasteiger partial charge < -0.3 is 39.0 Å². The highest BCUT2D eigenvalue weighted by Gasteiger charge is 2.54. The van der Waals surface area contributed by atoms with Gasteiger partial charge in [-0.25, -0.2) is 15.2 Å². The lowest BCUT2D eigenvalue weighted by Gasteiger charge is -2.44. The van der Waals surface area contributed by atoms with Gasteiger partial charge in [0.1, 0.15) is 24.7 Å². The summed E-state index contributed by atoms with van der Waals surface area (Å²) in [6, 6.07) is 5.16. The number of esters is 1. The van der Waals surface area contributed by atoms with Crippen molar-refractivity contribution >= 4 is 52.0 Å². The fourth-order valence-electron chi connectivity index (χ4n) is 10.6. The van der Waals surface area contributed by atoms with Gasteiger partial charge in [-0.15, -0.1) is 11.3 Å². The molecule has 1 spiro atoms. The van der Waals surface area contributed by atoms with Gasteiger partial charge in [0.2, 0.25) is 11.8 Å². The van der Waals surface area contributed by atoms with Crippen LogP contribution in [0, 0.1) is 11.3 Å². The van der Waals surface area contributed by atoms with Crippen molar-refractivity contribution in [2.45, 2.75) is 116 Å². The molecule has 8 rings (SSSR count). The summed E-state index contributed by atoms with van der Waals surface area (Å²) in [5, 5.41) is 7.18. The zero-order chi connectivity index (χ0) is 53.4. The first-order valence-corrected chi connectivity index (χ1v) is 26.2. The fraction of sp³-hybridized carbons (Fsp3) is 0.566. The number of ether oxygens (including phenoxy) is 2. The van der Waals surface area contributed by atoms with E-state index in [2.05, 4.69) is 15.7 Å². The van der Waals surface area contributed by atoms with Gasteiger partial charge in [0.15, 0.2) is 0 Å². The second-order valence-corrected chi connectivity index (χ2v) is 22.6. The molecule has 1 aromatic carbocycles. The first-order chi connectivity index (χ1) is 35.0. The smallest absolute Gasteiger partial charge is 0.406 e. The zero-order valence-corrected chi connectivity index (χ0v) is 44.6. The number of hydrogen-bond donors (Lipinski definition) is 2. The number of hydrazine groups is 1. The summed E-state index contributed by atoms with van der Waals surface area (Å²) in [6.45, 7) is 9.66. The third-order valence-corrected chi connectivity index (χ3v) is 15.4. The molecule has 2 N–H and O–H groups in total. The number of rotatable bonds is 11. The first kappa shape index (κ1) is 54.4. The number of pyridine rings is 1. The number of halogens is 3. The van der Waals surface area contributed by atoms with Crippen molar-refractivity contribution in [3.05, 3.63) is 70.3 Å². The number of nitrogens with zero attached hydrogens (tertiary/aromatic N) is 8.